The van der Waals surface area contributed by atoms with E-state index in [4.69, 9.17) is 15.3 Å². The summed E-state index contributed by atoms with van der Waals surface area (Å²) in [5, 5.41) is 33.0. The summed E-state index contributed by atoms with van der Waals surface area (Å²) in [4.78, 5) is 56.2. The maximum absolute atomic E-state index is 11.8. The Labute approximate surface area is 148 Å². The molecule has 0 heterocycles. The molecule has 0 aliphatic heterocycles. The van der Waals surface area contributed by atoms with Gasteiger partial charge in [0.25, 0.3) is 0 Å². The van der Waals surface area contributed by atoms with E-state index in [1.807, 2.05) is 0 Å². The third-order valence-electron chi connectivity index (χ3n) is 2.90. The van der Waals surface area contributed by atoms with Gasteiger partial charge in [-0.1, -0.05) is 0 Å². The van der Waals surface area contributed by atoms with Gasteiger partial charge in [0.2, 0.25) is 17.7 Å². The van der Waals surface area contributed by atoms with Gasteiger partial charge in [-0.15, -0.1) is 0 Å². The molecule has 0 aromatic heterocycles. The molecular formula is C13H21N3O8S. The maximum Gasteiger partial charge on any atom is 0.326 e. The third kappa shape index (κ3) is 9.52. The van der Waals surface area contributed by atoms with Crippen molar-refractivity contribution in [1.82, 2.24) is 16.0 Å². The van der Waals surface area contributed by atoms with Crippen LogP contribution in [0.3, 0.4) is 0 Å². The standard InChI is InChI=1S/C13H21N3O8S/c1-6(17)11(21)16-7(13(23)24)2-3-9(18)15-8(5-25)12(22)14-4-10(19)20/h6-8,17,25H,2-5H2,1H3,(H,14,22)(H,15,18)(H,16,21)(H,19,20)(H,23,24)/t6-,7+,8+/m1/s1. The summed E-state index contributed by atoms with van der Waals surface area (Å²) in [6.07, 6.45) is -1.99. The average Bonchev–Trinajstić information content (AvgIpc) is 2.53. The van der Waals surface area contributed by atoms with Crippen LogP contribution in [0.5, 0.6) is 0 Å². The summed E-state index contributed by atoms with van der Waals surface area (Å²) < 4.78 is 0. The Morgan fingerprint density at radius 1 is 1.00 bits per heavy atom. The van der Waals surface area contributed by atoms with Crippen molar-refractivity contribution in [2.24, 2.45) is 0 Å². The lowest BCUT2D eigenvalue weighted by atomic mass is 10.1. The highest BCUT2D eigenvalue weighted by atomic mass is 32.1. The molecule has 25 heavy (non-hydrogen) atoms. The topological polar surface area (TPSA) is 182 Å². The molecule has 142 valence electrons. The van der Waals surface area contributed by atoms with Gasteiger partial charge in [-0.25, -0.2) is 4.79 Å². The number of amides is 3. The molecule has 0 saturated carbocycles. The summed E-state index contributed by atoms with van der Waals surface area (Å²) in [6.45, 7) is 0.541. The monoisotopic (exact) mass is 379 g/mol. The smallest absolute Gasteiger partial charge is 0.326 e. The molecule has 0 unspecified atom stereocenters. The second-order valence-electron chi connectivity index (χ2n) is 5.03. The van der Waals surface area contributed by atoms with Gasteiger partial charge in [0.05, 0.1) is 0 Å². The van der Waals surface area contributed by atoms with Crippen molar-refractivity contribution in [1.29, 1.82) is 0 Å². The van der Waals surface area contributed by atoms with Crippen molar-refractivity contribution >= 4 is 42.3 Å². The van der Waals surface area contributed by atoms with Gasteiger partial charge in [-0.3, -0.25) is 19.2 Å². The summed E-state index contributed by atoms with van der Waals surface area (Å²) in [7, 11) is 0. The lowest BCUT2D eigenvalue weighted by Crippen LogP contribution is -2.49. The Hall–Kier alpha value is -2.34. The summed E-state index contributed by atoms with van der Waals surface area (Å²) >= 11 is 3.88. The van der Waals surface area contributed by atoms with Gasteiger partial charge in [-0.05, 0) is 13.3 Å². The molecule has 6 N–H and O–H groups in total. The van der Waals surface area contributed by atoms with Crippen molar-refractivity contribution in [2.45, 2.75) is 38.0 Å². The first kappa shape index (κ1) is 22.7. The Balaban J connectivity index is 4.53. The highest BCUT2D eigenvalue weighted by Crippen LogP contribution is 2.00. The van der Waals surface area contributed by atoms with Gasteiger partial charge < -0.3 is 31.3 Å². The quantitative estimate of drug-likeness (QED) is 0.190. The summed E-state index contributed by atoms with van der Waals surface area (Å²) in [5.74, 6) is -5.06. The highest BCUT2D eigenvalue weighted by molar-refractivity contribution is 7.80. The van der Waals surface area contributed by atoms with Gasteiger partial charge in [-0.2, -0.15) is 12.6 Å². The van der Waals surface area contributed by atoms with Crippen LogP contribution in [-0.4, -0.2) is 75.5 Å². The number of aliphatic hydroxyl groups is 1. The summed E-state index contributed by atoms with van der Waals surface area (Å²) in [6, 6.07) is -2.48. The van der Waals surface area contributed by atoms with E-state index < -0.39 is 54.4 Å². The van der Waals surface area contributed by atoms with E-state index in [1.165, 1.54) is 0 Å². The van der Waals surface area contributed by atoms with Crippen LogP contribution < -0.4 is 16.0 Å². The van der Waals surface area contributed by atoms with Gasteiger partial charge >= 0.3 is 11.9 Å². The van der Waals surface area contributed by atoms with Crippen LogP contribution in [0.2, 0.25) is 0 Å². The number of carbonyl (C=O) groups is 5. The molecule has 0 aliphatic carbocycles. The molecule has 12 heteroatoms. The zero-order valence-electron chi connectivity index (χ0n) is 13.4. The number of thiol groups is 1. The zero-order valence-corrected chi connectivity index (χ0v) is 14.3. The van der Waals surface area contributed by atoms with Crippen LogP contribution in [0, 0.1) is 0 Å². The van der Waals surface area contributed by atoms with E-state index in [9.17, 15) is 24.0 Å². The third-order valence-corrected chi connectivity index (χ3v) is 3.27. The SMILES string of the molecule is C[C@@H](O)C(=O)N[C@@H](CCC(=O)N[C@@H](CS)C(=O)NCC(=O)O)C(=O)O. The van der Waals surface area contributed by atoms with E-state index in [0.29, 0.717) is 0 Å². The lowest BCUT2D eigenvalue weighted by molar-refractivity contribution is -0.143. The fourth-order valence-corrected chi connectivity index (χ4v) is 1.83. The molecular weight excluding hydrogens is 358 g/mol. The van der Waals surface area contributed by atoms with Crippen molar-refractivity contribution in [3.05, 3.63) is 0 Å². The van der Waals surface area contributed by atoms with Crippen LogP contribution in [-0.2, 0) is 24.0 Å². The van der Waals surface area contributed by atoms with Gasteiger partial charge in [0, 0.05) is 12.2 Å². The number of aliphatic hydroxyl groups excluding tert-OH is 1. The predicted octanol–water partition coefficient (Wildman–Crippen LogP) is -2.67. The Morgan fingerprint density at radius 2 is 1.60 bits per heavy atom. The highest BCUT2D eigenvalue weighted by Gasteiger charge is 2.24. The van der Waals surface area contributed by atoms with Gasteiger partial charge in [0.1, 0.15) is 24.7 Å². The van der Waals surface area contributed by atoms with Crippen LogP contribution in [0.15, 0.2) is 0 Å². The van der Waals surface area contributed by atoms with Gasteiger partial charge in [0.15, 0.2) is 0 Å². The molecule has 3 atom stereocenters. The minimum Gasteiger partial charge on any atom is -0.480 e. The largest absolute Gasteiger partial charge is 0.480 e. The number of carbonyl (C=O) groups excluding carboxylic acids is 3. The number of hydrogen-bond donors (Lipinski definition) is 7. The second kappa shape index (κ2) is 11.3. The van der Waals surface area contributed by atoms with Crippen LogP contribution in [0.25, 0.3) is 0 Å². The number of hydrogen-bond acceptors (Lipinski definition) is 7. The molecule has 0 rings (SSSR count). The molecule has 0 saturated heterocycles. The van der Waals surface area contributed by atoms with E-state index in [-0.39, 0.29) is 18.6 Å². The first-order chi connectivity index (χ1) is 11.6. The number of aliphatic carboxylic acids is 2. The molecule has 0 radical (unpaired) electrons. The Kier molecular flexibility index (Phi) is 10.2. The normalized spacial score (nSPS) is 13.9. The first-order valence-corrected chi connectivity index (χ1v) is 7.82. The molecule has 3 amide bonds. The minimum absolute atomic E-state index is 0.0989. The van der Waals surface area contributed by atoms with E-state index in [2.05, 4.69) is 28.6 Å². The Bertz CT molecular complexity index is 525. The van der Waals surface area contributed by atoms with Crippen molar-refractivity contribution in [3.8, 4) is 0 Å². The zero-order chi connectivity index (χ0) is 19.6. The van der Waals surface area contributed by atoms with Crippen molar-refractivity contribution < 1.29 is 39.3 Å². The van der Waals surface area contributed by atoms with E-state index in [1.54, 1.807) is 0 Å². The maximum atomic E-state index is 11.8. The van der Waals surface area contributed by atoms with E-state index >= 15 is 0 Å². The molecule has 0 fully saturated rings. The number of carboxylic acids is 2. The molecule has 11 nitrogen and oxygen atoms in total. The number of rotatable bonds is 11. The van der Waals surface area contributed by atoms with Crippen LogP contribution in [0.1, 0.15) is 19.8 Å². The number of carboxylic acid groups (broad SMARTS) is 2. The lowest BCUT2D eigenvalue weighted by Gasteiger charge is -2.18. The first-order valence-electron chi connectivity index (χ1n) is 7.19. The number of nitrogens with one attached hydrogen (secondary N) is 3. The summed E-state index contributed by atoms with van der Waals surface area (Å²) in [5.41, 5.74) is 0. The van der Waals surface area contributed by atoms with Crippen LogP contribution >= 0.6 is 12.6 Å². The predicted molar refractivity (Wildman–Crippen MR) is 86.9 cm³/mol. The molecule has 0 aromatic rings. The average molecular weight is 379 g/mol. The van der Waals surface area contributed by atoms with Crippen LogP contribution in [0.4, 0.5) is 0 Å². The second-order valence-corrected chi connectivity index (χ2v) is 5.39. The fourth-order valence-electron chi connectivity index (χ4n) is 1.57. The van der Waals surface area contributed by atoms with Crippen molar-refractivity contribution in [2.75, 3.05) is 12.3 Å². The van der Waals surface area contributed by atoms with E-state index in [0.717, 1.165) is 6.92 Å². The van der Waals surface area contributed by atoms with Crippen molar-refractivity contribution in [3.63, 3.8) is 0 Å². The molecule has 0 bridgehead atoms. The minimum atomic E-state index is -1.40. The fraction of sp³-hybridized carbons (Fsp3) is 0.615. The molecule has 0 spiro atoms. The molecule has 0 aliphatic rings. The Morgan fingerprint density at radius 3 is 2.04 bits per heavy atom. The molecule has 0 aromatic carbocycles.